The van der Waals surface area contributed by atoms with Gasteiger partial charge in [-0.2, -0.15) is 0 Å². The third-order valence-electron chi connectivity index (χ3n) is 15.3. The van der Waals surface area contributed by atoms with Crippen molar-refractivity contribution in [1.29, 1.82) is 0 Å². The molecule has 600 valence electrons. The van der Waals surface area contributed by atoms with E-state index in [-0.39, 0.29) is 166 Å². The summed E-state index contributed by atoms with van der Waals surface area (Å²) >= 11 is 0. The summed E-state index contributed by atoms with van der Waals surface area (Å²) in [7, 11) is 0. The fraction of sp³-hybridized carbons (Fsp3) is 0.716. The first-order chi connectivity index (χ1) is 49.5. The average molecular weight is 1510 g/mol. The number of carbonyl (C=O) groups excluding carboxylic acids is 19. The quantitative estimate of drug-likeness (QED) is 0.0243. The van der Waals surface area contributed by atoms with Crippen LogP contribution in [-0.2, 0) is 101 Å². The molecule has 16 N–H and O–H groups in total. The number of unbranched alkanes of at least 4 members (excludes halogenated alkanes) is 4. The van der Waals surface area contributed by atoms with Crippen LogP contribution < -0.4 is 60.6 Å². The van der Waals surface area contributed by atoms with Crippen LogP contribution >= 0.6 is 0 Å². The standard InChI is InChI=1S/C26H48N6O7.C21H40N6O5.C20H26N4O11/c1-18(23(27)36)10-6-8-13-29-20(33)16-32(22(35)12-15-31-25(38)39-26(3,4)5)17-21(34)30-14-9-7-11-19(2)24(28)37;1-15(20(23)31)7-3-5-11-25-17(28)13-27(19(30)9-10-22)14-18(29)26-12-6-4-8-16(2)21(24)32;1-20(2,3)33-19(32)21-9-8-12(25)22(10-17(30)34-23-13(26)4-5-14(23)27)11-18(31)35-24-15(28)6-7-16(24)29/h18-19H,6-17H2,1-5H3,(H2,27,36)(H2,28,37)(H,29,33)(H,30,34)(H,31,38);15-16H,3-14,22H2,1-2H3,(H2,23,31)(H2,24,32)(H,25,28)(H,26,29);4-11H2,1-3H3,(H,21,32). The van der Waals surface area contributed by atoms with Crippen LogP contribution in [0.3, 0.4) is 0 Å². The first kappa shape index (κ1) is 95.9. The fourth-order valence-corrected chi connectivity index (χ4v) is 9.05. The van der Waals surface area contributed by atoms with Gasteiger partial charge < -0.3 is 94.4 Å². The summed E-state index contributed by atoms with van der Waals surface area (Å²) in [6, 6.07) is 0. The van der Waals surface area contributed by atoms with Gasteiger partial charge in [-0.25, -0.2) is 19.2 Å². The zero-order valence-corrected chi connectivity index (χ0v) is 62.9. The van der Waals surface area contributed by atoms with Crippen LogP contribution in [0, 0.1) is 23.7 Å². The van der Waals surface area contributed by atoms with Crippen molar-refractivity contribution in [2.24, 2.45) is 52.3 Å². The molecule has 39 heteroatoms. The number of primary amides is 4. The molecule has 17 amide bonds. The van der Waals surface area contributed by atoms with E-state index in [1.54, 1.807) is 69.2 Å². The zero-order valence-electron chi connectivity index (χ0n) is 62.9. The second-order valence-electron chi connectivity index (χ2n) is 27.3. The minimum atomic E-state index is -1.21. The molecule has 0 aromatic heterocycles. The van der Waals surface area contributed by atoms with E-state index in [0.29, 0.717) is 95.3 Å². The number of rotatable bonds is 46. The number of hydrogen-bond acceptors (Lipinski definition) is 24. The summed E-state index contributed by atoms with van der Waals surface area (Å²) in [6.45, 7) is 15.6. The highest BCUT2D eigenvalue weighted by atomic mass is 16.7. The van der Waals surface area contributed by atoms with E-state index in [4.69, 9.17) is 47.8 Å². The Bertz CT molecular complexity index is 2840. The van der Waals surface area contributed by atoms with Gasteiger partial charge in [0.2, 0.25) is 65.0 Å². The van der Waals surface area contributed by atoms with Gasteiger partial charge in [-0.1, -0.05) is 53.4 Å². The number of ether oxygens (including phenoxy) is 2. The number of imide groups is 2. The summed E-state index contributed by atoms with van der Waals surface area (Å²) in [4.78, 5) is 238. The summed E-state index contributed by atoms with van der Waals surface area (Å²) in [6.07, 6.45) is 5.48. The maximum atomic E-state index is 12.8. The lowest BCUT2D eigenvalue weighted by Gasteiger charge is -2.23. The van der Waals surface area contributed by atoms with E-state index >= 15 is 0 Å². The number of hydroxylamine groups is 4. The third-order valence-corrected chi connectivity index (χ3v) is 15.3. The molecule has 2 aliphatic heterocycles. The van der Waals surface area contributed by atoms with Gasteiger partial charge in [-0.15, -0.1) is 10.1 Å². The Kier molecular flexibility index (Phi) is 46.3. The predicted octanol–water partition coefficient (Wildman–Crippen LogP) is -1.53. The van der Waals surface area contributed by atoms with Crippen molar-refractivity contribution < 1.29 is 110 Å². The molecule has 4 unspecified atom stereocenters. The lowest BCUT2D eigenvalue weighted by molar-refractivity contribution is -0.201. The average Bonchev–Trinajstić information content (AvgIpc) is 1.67. The van der Waals surface area contributed by atoms with Crippen LogP contribution in [0.5, 0.6) is 0 Å². The lowest BCUT2D eigenvalue weighted by Crippen LogP contribution is -2.46. The second-order valence-corrected chi connectivity index (χ2v) is 27.3. The monoisotopic (exact) mass is 1510 g/mol. The van der Waals surface area contributed by atoms with E-state index in [1.165, 1.54) is 4.90 Å². The molecule has 2 aliphatic rings. The molecule has 106 heavy (non-hydrogen) atoms. The summed E-state index contributed by atoms with van der Waals surface area (Å²) in [5.74, 6) is -11.0. The first-order valence-electron chi connectivity index (χ1n) is 35.3. The van der Waals surface area contributed by atoms with Crippen molar-refractivity contribution in [3.05, 3.63) is 0 Å². The van der Waals surface area contributed by atoms with Crippen molar-refractivity contribution in [1.82, 2.24) is 56.7 Å². The molecule has 2 rings (SSSR count). The van der Waals surface area contributed by atoms with Crippen molar-refractivity contribution >= 4 is 113 Å². The first-order valence-corrected chi connectivity index (χ1v) is 35.3. The van der Waals surface area contributed by atoms with Gasteiger partial charge in [-0.3, -0.25) is 71.9 Å². The number of amides is 17. The highest BCUT2D eigenvalue weighted by molar-refractivity contribution is 6.03. The maximum absolute atomic E-state index is 12.8. The molecule has 0 saturated carbocycles. The van der Waals surface area contributed by atoms with Gasteiger partial charge in [0.05, 0.1) is 0 Å². The van der Waals surface area contributed by atoms with Gasteiger partial charge in [0.1, 0.15) is 50.5 Å². The number of alkyl carbamates (subject to hydrolysis) is 2. The fourth-order valence-electron chi connectivity index (χ4n) is 9.05. The molecule has 0 spiro atoms. The molecule has 2 saturated heterocycles. The van der Waals surface area contributed by atoms with Crippen LogP contribution in [0.1, 0.15) is 191 Å². The minimum Gasteiger partial charge on any atom is -0.444 e. The van der Waals surface area contributed by atoms with E-state index in [2.05, 4.69) is 31.9 Å². The van der Waals surface area contributed by atoms with Gasteiger partial charge >= 0.3 is 24.1 Å². The van der Waals surface area contributed by atoms with Gasteiger partial charge in [0, 0.05) is 114 Å². The zero-order chi connectivity index (χ0) is 80.9. The minimum absolute atomic E-state index is 0.0242. The van der Waals surface area contributed by atoms with Crippen LogP contribution in [0.25, 0.3) is 0 Å². The number of nitrogens with one attached hydrogen (secondary N) is 6. The maximum Gasteiger partial charge on any atom is 0.407 e. The van der Waals surface area contributed by atoms with Crippen molar-refractivity contribution in [2.45, 2.75) is 202 Å². The van der Waals surface area contributed by atoms with Crippen LogP contribution in [0.2, 0.25) is 0 Å². The Morgan fingerprint density at radius 3 is 0.830 bits per heavy atom. The molecule has 0 radical (unpaired) electrons. The molecule has 39 nitrogen and oxygen atoms in total. The SMILES string of the molecule is CC(C)(C)OC(=O)NCCC(=O)N(CC(=O)ON1C(=O)CCC1=O)CC(=O)ON1C(=O)CCC1=O.CC(CCCCNC(=O)CN(CC(=O)NCCCCC(C)C(N)=O)C(=O)CCN)C(N)=O.CC(CCCCNC(=O)CN(CC(=O)NCCCCC(C)C(N)=O)C(=O)CCNC(=O)OC(C)(C)C)C(N)=O. The summed E-state index contributed by atoms with van der Waals surface area (Å²) in [5, 5.41) is 16.2. The number of hydrogen-bond donors (Lipinski definition) is 11. The summed E-state index contributed by atoms with van der Waals surface area (Å²) < 4.78 is 10.2. The Morgan fingerprint density at radius 1 is 0.368 bits per heavy atom. The normalized spacial score (nSPS) is 13.6. The van der Waals surface area contributed by atoms with E-state index < -0.39 is 95.7 Å². The molecular formula is C67H114N16O23. The van der Waals surface area contributed by atoms with Crippen LogP contribution in [0.4, 0.5) is 9.59 Å². The molecule has 0 bridgehead atoms. The molecule has 2 heterocycles. The molecule has 0 aromatic carbocycles. The van der Waals surface area contributed by atoms with Crippen molar-refractivity contribution in [3.63, 3.8) is 0 Å². The van der Waals surface area contributed by atoms with Crippen molar-refractivity contribution in [3.8, 4) is 0 Å². The third kappa shape index (κ3) is 45.9. The molecular weight excluding hydrogens is 1400 g/mol. The second kappa shape index (κ2) is 51.1. The van der Waals surface area contributed by atoms with Gasteiger partial charge in [0.15, 0.2) is 0 Å². The molecule has 0 aliphatic carbocycles. The highest BCUT2D eigenvalue weighted by Crippen LogP contribution is 2.16. The number of nitrogens with two attached hydrogens (primary N) is 5. The topological polar surface area (TPSA) is 580 Å². The van der Waals surface area contributed by atoms with Gasteiger partial charge in [0.25, 0.3) is 23.6 Å². The van der Waals surface area contributed by atoms with E-state index in [9.17, 15) is 91.1 Å². The highest BCUT2D eigenvalue weighted by Gasteiger charge is 2.36. The molecule has 0 aromatic rings. The number of nitrogens with zero attached hydrogens (tertiary/aromatic N) is 5. The lowest BCUT2D eigenvalue weighted by atomic mass is 10.0. The van der Waals surface area contributed by atoms with Crippen LogP contribution in [0.15, 0.2) is 0 Å². The molecule has 4 atom stereocenters. The largest absolute Gasteiger partial charge is 0.444 e. The summed E-state index contributed by atoms with van der Waals surface area (Å²) in [5.41, 5.74) is 24.9. The van der Waals surface area contributed by atoms with Crippen LogP contribution in [-0.4, -0.2) is 234 Å². The van der Waals surface area contributed by atoms with E-state index in [1.807, 2.05) is 0 Å². The Labute approximate surface area is 617 Å². The van der Waals surface area contributed by atoms with Gasteiger partial charge in [-0.05, 0) is 92.9 Å². The Morgan fingerprint density at radius 2 is 0.604 bits per heavy atom. The number of carbonyl (C=O) groups is 19. The van der Waals surface area contributed by atoms with Crippen molar-refractivity contribution in [2.75, 3.05) is 85.1 Å². The predicted molar refractivity (Wildman–Crippen MR) is 376 cm³/mol. The van der Waals surface area contributed by atoms with E-state index in [0.717, 1.165) is 17.7 Å². The smallest absolute Gasteiger partial charge is 0.407 e. The Balaban J connectivity index is 0.00000157. The molecule has 2 fully saturated rings. The Hall–Kier alpha value is -10.1.